The summed E-state index contributed by atoms with van der Waals surface area (Å²) in [5.74, 6) is 1.85. The minimum atomic E-state index is -0.186. The van der Waals surface area contributed by atoms with Gasteiger partial charge in [-0.2, -0.15) is 9.50 Å². The van der Waals surface area contributed by atoms with Crippen molar-refractivity contribution in [1.82, 2.24) is 14.6 Å². The van der Waals surface area contributed by atoms with Crippen LogP contribution in [0.1, 0.15) is 36.7 Å². The summed E-state index contributed by atoms with van der Waals surface area (Å²) >= 11 is 1.31. The Morgan fingerprint density at radius 1 is 1.06 bits per heavy atom. The quantitative estimate of drug-likeness (QED) is 0.392. The Morgan fingerprint density at radius 2 is 1.90 bits per heavy atom. The number of unbranched alkanes of at least 4 members (excludes halogenated alkanes) is 1. The third kappa shape index (κ3) is 4.83. The van der Waals surface area contributed by atoms with Crippen molar-refractivity contribution in [3.8, 4) is 11.5 Å². The number of fused-ring (bicyclic) bond motifs is 1. The van der Waals surface area contributed by atoms with Crippen LogP contribution >= 0.6 is 11.3 Å². The molecule has 0 atom stereocenters. The van der Waals surface area contributed by atoms with Crippen LogP contribution in [0.5, 0.6) is 11.5 Å². The number of thiazole rings is 1. The molecule has 0 saturated heterocycles. The van der Waals surface area contributed by atoms with Crippen molar-refractivity contribution in [2.24, 2.45) is 0 Å². The van der Waals surface area contributed by atoms with Crippen molar-refractivity contribution < 1.29 is 9.47 Å². The lowest BCUT2D eigenvalue weighted by Gasteiger charge is -2.10. The Hall–Kier alpha value is -3.45. The lowest BCUT2D eigenvalue weighted by atomic mass is 10.2. The molecule has 2 heterocycles. The van der Waals surface area contributed by atoms with E-state index in [0.29, 0.717) is 33.4 Å². The second-order valence-electron chi connectivity index (χ2n) is 6.94. The first-order chi connectivity index (χ1) is 15.2. The summed E-state index contributed by atoms with van der Waals surface area (Å²) in [5.41, 5.74) is 1.72. The van der Waals surface area contributed by atoms with E-state index in [2.05, 4.69) is 17.0 Å². The average Bonchev–Trinajstić information content (AvgIpc) is 3.32. The molecular formula is C24H23N3O3S. The van der Waals surface area contributed by atoms with Crippen LogP contribution in [0.25, 0.3) is 23.2 Å². The Bertz CT molecular complexity index is 1310. The van der Waals surface area contributed by atoms with Gasteiger partial charge in [0.1, 0.15) is 0 Å². The average molecular weight is 434 g/mol. The van der Waals surface area contributed by atoms with Gasteiger partial charge in [-0.3, -0.25) is 4.79 Å². The minimum absolute atomic E-state index is 0.186. The highest BCUT2D eigenvalue weighted by molar-refractivity contribution is 7.15. The van der Waals surface area contributed by atoms with Gasteiger partial charge in [-0.1, -0.05) is 67.2 Å². The van der Waals surface area contributed by atoms with Gasteiger partial charge in [-0.05, 0) is 41.8 Å². The number of ether oxygens (including phenoxy) is 2. The SMILES string of the molecule is CCCCOc1ccc(/C=c2/sc3nc(/C=C/c4ccccc4)nn3c2=O)cc1OC. The van der Waals surface area contributed by atoms with E-state index in [0.717, 1.165) is 24.0 Å². The number of aromatic nitrogens is 3. The predicted octanol–water partition coefficient (Wildman–Crippen LogP) is 4.06. The fourth-order valence-corrected chi connectivity index (χ4v) is 3.94. The molecular weight excluding hydrogens is 410 g/mol. The van der Waals surface area contributed by atoms with Crippen molar-refractivity contribution in [2.45, 2.75) is 19.8 Å². The number of hydrogen-bond acceptors (Lipinski definition) is 6. The number of hydrogen-bond donors (Lipinski definition) is 0. The molecule has 0 aliphatic rings. The maximum atomic E-state index is 12.8. The molecule has 0 bridgehead atoms. The Morgan fingerprint density at radius 3 is 2.65 bits per heavy atom. The van der Waals surface area contributed by atoms with E-state index in [-0.39, 0.29) is 5.56 Å². The zero-order valence-electron chi connectivity index (χ0n) is 17.4. The molecule has 31 heavy (non-hydrogen) atoms. The van der Waals surface area contributed by atoms with Crippen LogP contribution in [0.4, 0.5) is 0 Å². The van der Waals surface area contributed by atoms with Gasteiger partial charge in [0.15, 0.2) is 17.3 Å². The van der Waals surface area contributed by atoms with E-state index < -0.39 is 0 Å². The second-order valence-corrected chi connectivity index (χ2v) is 7.95. The zero-order valence-corrected chi connectivity index (χ0v) is 18.3. The Balaban J connectivity index is 1.59. The van der Waals surface area contributed by atoms with E-state index in [1.54, 1.807) is 13.2 Å². The topological polar surface area (TPSA) is 65.7 Å². The molecule has 0 radical (unpaired) electrons. The Labute approximate surface area is 184 Å². The molecule has 4 rings (SSSR count). The third-order valence-corrected chi connectivity index (χ3v) is 5.62. The fraction of sp³-hybridized carbons (Fsp3) is 0.208. The predicted molar refractivity (Wildman–Crippen MR) is 125 cm³/mol. The van der Waals surface area contributed by atoms with Gasteiger partial charge in [0.25, 0.3) is 5.56 Å². The summed E-state index contributed by atoms with van der Waals surface area (Å²) in [4.78, 5) is 17.8. The minimum Gasteiger partial charge on any atom is -0.493 e. The molecule has 0 aliphatic heterocycles. The molecule has 7 heteroatoms. The van der Waals surface area contributed by atoms with Crippen LogP contribution in [0, 0.1) is 0 Å². The highest BCUT2D eigenvalue weighted by Gasteiger charge is 2.10. The zero-order chi connectivity index (χ0) is 21.6. The van der Waals surface area contributed by atoms with E-state index >= 15 is 0 Å². The van der Waals surface area contributed by atoms with E-state index in [1.807, 2.05) is 60.7 Å². The normalized spacial score (nSPS) is 12.1. The molecule has 0 aliphatic carbocycles. The van der Waals surface area contributed by atoms with Crippen LogP contribution < -0.4 is 19.6 Å². The molecule has 0 N–H and O–H groups in total. The molecule has 0 unspecified atom stereocenters. The third-order valence-electron chi connectivity index (χ3n) is 4.66. The number of nitrogens with zero attached hydrogens (tertiary/aromatic N) is 3. The van der Waals surface area contributed by atoms with Crippen LogP contribution in [-0.4, -0.2) is 28.3 Å². The largest absolute Gasteiger partial charge is 0.493 e. The summed E-state index contributed by atoms with van der Waals surface area (Å²) in [6.45, 7) is 2.77. The summed E-state index contributed by atoms with van der Waals surface area (Å²) in [6, 6.07) is 15.5. The summed E-state index contributed by atoms with van der Waals surface area (Å²) in [7, 11) is 1.61. The van der Waals surface area contributed by atoms with Gasteiger partial charge in [-0.25, -0.2) is 0 Å². The van der Waals surface area contributed by atoms with Gasteiger partial charge in [-0.15, -0.1) is 5.10 Å². The molecule has 0 fully saturated rings. The molecule has 0 saturated carbocycles. The van der Waals surface area contributed by atoms with E-state index in [4.69, 9.17) is 9.47 Å². The van der Waals surface area contributed by atoms with Gasteiger partial charge in [0, 0.05) is 0 Å². The molecule has 4 aromatic rings. The number of methoxy groups -OCH3 is 1. The summed E-state index contributed by atoms with van der Waals surface area (Å²) in [5, 5.41) is 4.33. The van der Waals surface area contributed by atoms with Crippen molar-refractivity contribution >= 4 is 34.5 Å². The first-order valence-corrected chi connectivity index (χ1v) is 10.9. The van der Waals surface area contributed by atoms with Crippen molar-refractivity contribution in [2.75, 3.05) is 13.7 Å². The summed E-state index contributed by atoms with van der Waals surface area (Å²) in [6.07, 6.45) is 7.61. The molecule has 0 amide bonds. The molecule has 2 aromatic heterocycles. The van der Waals surface area contributed by atoms with Crippen molar-refractivity contribution in [3.63, 3.8) is 0 Å². The maximum absolute atomic E-state index is 12.8. The Kier molecular flexibility index (Phi) is 6.43. The van der Waals surface area contributed by atoms with E-state index in [1.165, 1.54) is 15.9 Å². The smallest absolute Gasteiger partial charge is 0.291 e. The van der Waals surface area contributed by atoms with Crippen LogP contribution in [0.2, 0.25) is 0 Å². The lowest BCUT2D eigenvalue weighted by Crippen LogP contribution is -2.23. The fourth-order valence-electron chi connectivity index (χ4n) is 3.03. The lowest BCUT2D eigenvalue weighted by molar-refractivity contribution is 0.288. The van der Waals surface area contributed by atoms with Gasteiger partial charge in [0.2, 0.25) is 4.96 Å². The van der Waals surface area contributed by atoms with Crippen LogP contribution in [0.3, 0.4) is 0 Å². The monoisotopic (exact) mass is 433 g/mol. The van der Waals surface area contributed by atoms with Gasteiger partial charge >= 0.3 is 0 Å². The van der Waals surface area contributed by atoms with Crippen LogP contribution in [-0.2, 0) is 0 Å². The van der Waals surface area contributed by atoms with Crippen molar-refractivity contribution in [1.29, 1.82) is 0 Å². The maximum Gasteiger partial charge on any atom is 0.291 e. The standard InChI is InChI=1S/C24H23N3O3S/c1-3-4-14-30-19-12-10-18(15-20(19)29-2)16-21-23(28)27-24(31-21)25-22(26-27)13-11-17-8-6-5-7-9-17/h5-13,15-16H,3-4,14H2,1-2H3/b13-11+,21-16+. The van der Waals surface area contributed by atoms with Gasteiger partial charge in [0.05, 0.1) is 18.2 Å². The highest BCUT2D eigenvalue weighted by atomic mass is 32.1. The highest BCUT2D eigenvalue weighted by Crippen LogP contribution is 2.28. The molecule has 6 nitrogen and oxygen atoms in total. The summed E-state index contributed by atoms with van der Waals surface area (Å²) < 4.78 is 13.1. The first-order valence-electron chi connectivity index (χ1n) is 10.1. The van der Waals surface area contributed by atoms with Crippen LogP contribution in [0.15, 0.2) is 53.3 Å². The second kappa shape index (κ2) is 9.57. The number of benzene rings is 2. The molecule has 0 spiro atoms. The first kappa shape index (κ1) is 20.8. The van der Waals surface area contributed by atoms with Gasteiger partial charge < -0.3 is 9.47 Å². The van der Waals surface area contributed by atoms with Crippen molar-refractivity contribution in [3.05, 3.63) is 80.4 Å². The number of rotatable bonds is 8. The molecule has 158 valence electrons. The van der Waals surface area contributed by atoms with E-state index in [9.17, 15) is 4.79 Å². The molecule has 2 aromatic carbocycles.